The van der Waals surface area contributed by atoms with E-state index in [0.717, 1.165) is 35.3 Å². The summed E-state index contributed by atoms with van der Waals surface area (Å²) >= 11 is 0. The number of rotatable bonds is 5. The van der Waals surface area contributed by atoms with Crippen LogP contribution in [0.1, 0.15) is 24.1 Å². The number of nitrogens with one attached hydrogen (secondary N) is 2. The van der Waals surface area contributed by atoms with Gasteiger partial charge in [0.1, 0.15) is 12.2 Å². The summed E-state index contributed by atoms with van der Waals surface area (Å²) in [6, 6.07) is 8.52. The van der Waals surface area contributed by atoms with E-state index in [1.807, 2.05) is 47.0 Å². The third-order valence-corrected chi connectivity index (χ3v) is 5.59. The lowest BCUT2D eigenvalue weighted by Crippen LogP contribution is -2.35. The van der Waals surface area contributed by atoms with E-state index in [1.165, 1.54) is 0 Å². The zero-order valence-electron chi connectivity index (χ0n) is 15.9. The second-order valence-corrected chi connectivity index (χ2v) is 7.44. The highest BCUT2D eigenvalue weighted by molar-refractivity contribution is 5.95. The highest BCUT2D eigenvalue weighted by atomic mass is 16.4. The third kappa shape index (κ3) is 2.64. The predicted molar refractivity (Wildman–Crippen MR) is 105 cm³/mol. The highest BCUT2D eigenvalue weighted by Gasteiger charge is 2.59. The molecule has 0 bridgehead atoms. The zero-order chi connectivity index (χ0) is 19.3. The summed E-state index contributed by atoms with van der Waals surface area (Å²) in [5.41, 5.74) is 3.61. The van der Waals surface area contributed by atoms with Gasteiger partial charge in [0.05, 0.1) is 18.6 Å². The van der Waals surface area contributed by atoms with Crippen molar-refractivity contribution in [2.24, 2.45) is 0 Å². The largest absolute Gasteiger partial charge is 0.423 e. The lowest BCUT2D eigenvalue weighted by molar-refractivity contribution is -0.121. The topological polar surface area (TPSA) is 88.2 Å². The quantitative estimate of drug-likeness (QED) is 0.710. The molecule has 0 radical (unpaired) electrons. The number of benzene rings is 1. The van der Waals surface area contributed by atoms with E-state index in [0.29, 0.717) is 25.1 Å². The Balaban J connectivity index is 1.38. The second kappa shape index (κ2) is 6.12. The van der Waals surface area contributed by atoms with E-state index < -0.39 is 5.54 Å². The van der Waals surface area contributed by atoms with Crippen LogP contribution < -0.4 is 15.5 Å². The number of hydrogen-bond donors (Lipinski definition) is 2. The van der Waals surface area contributed by atoms with E-state index >= 15 is 0 Å². The predicted octanol–water partition coefficient (Wildman–Crippen LogP) is 2.65. The number of amides is 1. The van der Waals surface area contributed by atoms with Crippen molar-refractivity contribution in [2.45, 2.75) is 38.9 Å². The fourth-order valence-electron chi connectivity index (χ4n) is 3.78. The van der Waals surface area contributed by atoms with Gasteiger partial charge in [-0.15, -0.1) is 0 Å². The van der Waals surface area contributed by atoms with Gasteiger partial charge < -0.3 is 15.1 Å². The molecule has 0 unspecified atom stereocenters. The minimum absolute atomic E-state index is 0.0727. The molecular weight excluding hydrogens is 356 g/mol. The van der Waals surface area contributed by atoms with Crippen LogP contribution in [0.5, 0.6) is 0 Å². The first kappa shape index (κ1) is 16.9. The van der Waals surface area contributed by atoms with Gasteiger partial charge in [0.25, 0.3) is 6.01 Å². The van der Waals surface area contributed by atoms with Gasteiger partial charge in [-0.1, -0.05) is 12.1 Å². The van der Waals surface area contributed by atoms with Crippen LogP contribution in [0, 0.1) is 13.8 Å². The molecule has 3 heterocycles. The number of aryl methyl sites for hydroxylation is 1. The monoisotopic (exact) mass is 378 g/mol. The molecule has 2 fully saturated rings. The van der Waals surface area contributed by atoms with E-state index in [1.54, 1.807) is 6.20 Å². The highest BCUT2D eigenvalue weighted by Crippen LogP contribution is 2.46. The smallest absolute Gasteiger partial charge is 0.300 e. The fourth-order valence-corrected chi connectivity index (χ4v) is 3.78. The van der Waals surface area contributed by atoms with Crippen molar-refractivity contribution in [3.8, 4) is 11.3 Å². The Morgan fingerprint density at radius 1 is 1.29 bits per heavy atom. The standard InChI is InChI=1S/C20H22N6O2/c1-13-6-9-25(24-13)11-22-16-5-3-4-15(14(16)2)17-10-21-19(28-17)26-12-23-18(27)20(26)7-8-20/h3-6,9-10,22H,7-8,11-12H2,1-2H3,(H,23,27). The maximum absolute atomic E-state index is 12.1. The van der Waals surface area contributed by atoms with Crippen LogP contribution in [-0.2, 0) is 11.5 Å². The summed E-state index contributed by atoms with van der Waals surface area (Å²) in [5, 5.41) is 10.7. The molecule has 1 aromatic carbocycles. The number of carbonyl (C=O) groups is 1. The Kier molecular flexibility index (Phi) is 3.68. The average Bonchev–Trinajstić information content (AvgIpc) is 2.99. The van der Waals surface area contributed by atoms with Crippen molar-refractivity contribution >= 4 is 17.6 Å². The van der Waals surface area contributed by atoms with Crippen LogP contribution in [0.3, 0.4) is 0 Å². The summed E-state index contributed by atoms with van der Waals surface area (Å²) in [4.78, 5) is 18.5. The molecule has 1 aliphatic carbocycles. The van der Waals surface area contributed by atoms with Gasteiger partial charge >= 0.3 is 0 Å². The van der Waals surface area contributed by atoms with E-state index in [2.05, 4.69) is 27.6 Å². The molecule has 2 aromatic heterocycles. The SMILES string of the molecule is Cc1ccn(CNc2cccc(-c3cnc(N4CNC(=O)C45CC5)o3)c2C)n1. The minimum atomic E-state index is -0.442. The Labute approximate surface area is 162 Å². The molecule has 1 aliphatic heterocycles. The van der Waals surface area contributed by atoms with Gasteiger partial charge in [0.15, 0.2) is 5.76 Å². The third-order valence-electron chi connectivity index (χ3n) is 5.59. The molecular formula is C20H22N6O2. The molecule has 5 rings (SSSR count). The lowest BCUT2D eigenvalue weighted by Gasteiger charge is -2.18. The van der Waals surface area contributed by atoms with Gasteiger partial charge in [-0.25, -0.2) is 4.98 Å². The number of oxazole rings is 1. The van der Waals surface area contributed by atoms with Crippen molar-refractivity contribution in [3.05, 3.63) is 47.9 Å². The van der Waals surface area contributed by atoms with Gasteiger partial charge in [0.2, 0.25) is 5.91 Å². The van der Waals surface area contributed by atoms with Crippen LogP contribution in [-0.4, -0.2) is 32.9 Å². The first-order valence-electron chi connectivity index (χ1n) is 9.42. The van der Waals surface area contributed by atoms with Crippen molar-refractivity contribution in [1.29, 1.82) is 0 Å². The van der Waals surface area contributed by atoms with Gasteiger partial charge in [-0.3, -0.25) is 14.4 Å². The molecule has 1 amide bonds. The number of aromatic nitrogens is 3. The molecule has 144 valence electrons. The molecule has 3 aromatic rings. The van der Waals surface area contributed by atoms with Crippen molar-refractivity contribution in [1.82, 2.24) is 20.1 Å². The Morgan fingerprint density at radius 3 is 2.89 bits per heavy atom. The molecule has 8 heteroatoms. The molecule has 0 atom stereocenters. The number of hydrogen-bond acceptors (Lipinski definition) is 6. The summed E-state index contributed by atoms with van der Waals surface area (Å²) in [6.45, 7) is 5.06. The molecule has 1 spiro atoms. The maximum atomic E-state index is 12.1. The van der Waals surface area contributed by atoms with Gasteiger partial charge in [-0.2, -0.15) is 5.10 Å². The zero-order valence-corrected chi connectivity index (χ0v) is 15.9. The normalized spacial score (nSPS) is 17.2. The molecule has 2 aliphatic rings. The molecule has 28 heavy (non-hydrogen) atoms. The lowest BCUT2D eigenvalue weighted by atomic mass is 10.1. The minimum Gasteiger partial charge on any atom is -0.423 e. The number of anilines is 2. The van der Waals surface area contributed by atoms with Gasteiger partial charge in [0, 0.05) is 17.4 Å². The fraction of sp³-hybridized carbons (Fsp3) is 0.350. The maximum Gasteiger partial charge on any atom is 0.300 e. The van der Waals surface area contributed by atoms with Crippen LogP contribution >= 0.6 is 0 Å². The molecule has 8 nitrogen and oxygen atoms in total. The van der Waals surface area contributed by atoms with Crippen LogP contribution in [0.15, 0.2) is 41.1 Å². The van der Waals surface area contributed by atoms with Crippen LogP contribution in [0.25, 0.3) is 11.3 Å². The van der Waals surface area contributed by atoms with Crippen LogP contribution in [0.4, 0.5) is 11.7 Å². The van der Waals surface area contributed by atoms with E-state index in [4.69, 9.17) is 4.42 Å². The molecule has 1 saturated heterocycles. The van der Waals surface area contributed by atoms with Crippen molar-refractivity contribution < 1.29 is 9.21 Å². The molecule has 1 saturated carbocycles. The summed E-state index contributed by atoms with van der Waals surface area (Å²) < 4.78 is 7.92. The number of nitrogens with zero attached hydrogens (tertiary/aromatic N) is 4. The molecule has 2 N–H and O–H groups in total. The van der Waals surface area contributed by atoms with Gasteiger partial charge in [-0.05, 0) is 44.4 Å². The Bertz CT molecular complexity index is 1050. The summed E-state index contributed by atoms with van der Waals surface area (Å²) in [5.74, 6) is 0.768. The number of carbonyl (C=O) groups excluding carboxylic acids is 1. The average molecular weight is 378 g/mol. The Morgan fingerprint density at radius 2 is 2.14 bits per heavy atom. The Hall–Kier alpha value is -3.29. The van der Waals surface area contributed by atoms with Crippen molar-refractivity contribution in [2.75, 3.05) is 16.9 Å². The summed E-state index contributed by atoms with van der Waals surface area (Å²) in [6.07, 6.45) is 5.38. The van der Waals surface area contributed by atoms with E-state index in [9.17, 15) is 4.79 Å². The first-order valence-corrected chi connectivity index (χ1v) is 9.42. The summed E-state index contributed by atoms with van der Waals surface area (Å²) in [7, 11) is 0. The van der Waals surface area contributed by atoms with Crippen LogP contribution in [0.2, 0.25) is 0 Å². The van der Waals surface area contributed by atoms with E-state index in [-0.39, 0.29) is 5.91 Å². The first-order chi connectivity index (χ1) is 13.6. The second-order valence-electron chi connectivity index (χ2n) is 7.44. The van der Waals surface area contributed by atoms with Crippen molar-refractivity contribution in [3.63, 3.8) is 0 Å².